The van der Waals surface area contributed by atoms with Gasteiger partial charge in [-0.1, -0.05) is 36.4 Å². The van der Waals surface area contributed by atoms with Crippen LogP contribution in [0.3, 0.4) is 0 Å². The van der Waals surface area contributed by atoms with Crippen molar-refractivity contribution >= 4 is 29.1 Å². The lowest BCUT2D eigenvalue weighted by atomic mass is 9.90. The number of hydrogen-bond acceptors (Lipinski definition) is 3. The average molecular weight is 349 g/mol. The number of nitrogens with zero attached hydrogens (tertiary/aromatic N) is 1. The second-order valence-electron chi connectivity index (χ2n) is 6.53. The molecule has 0 saturated heterocycles. The summed E-state index contributed by atoms with van der Waals surface area (Å²) in [6.45, 7) is 0.552. The highest BCUT2D eigenvalue weighted by molar-refractivity contribution is 6.03. The van der Waals surface area contributed by atoms with Gasteiger partial charge >= 0.3 is 0 Å². The summed E-state index contributed by atoms with van der Waals surface area (Å²) in [6.07, 6.45) is 0.912. The first-order valence-corrected chi connectivity index (χ1v) is 8.68. The van der Waals surface area contributed by atoms with Crippen molar-refractivity contribution in [1.29, 1.82) is 0 Å². The van der Waals surface area contributed by atoms with E-state index in [0.29, 0.717) is 12.2 Å². The number of benzene rings is 2. The third-order valence-electron chi connectivity index (χ3n) is 4.92. The molecule has 0 aliphatic carbocycles. The van der Waals surface area contributed by atoms with Gasteiger partial charge in [0.2, 0.25) is 17.7 Å². The van der Waals surface area contributed by atoms with Gasteiger partial charge in [0.15, 0.2) is 0 Å². The summed E-state index contributed by atoms with van der Waals surface area (Å²) in [7, 11) is 0. The van der Waals surface area contributed by atoms with Gasteiger partial charge in [-0.3, -0.25) is 14.4 Å². The molecule has 6 heteroatoms. The van der Waals surface area contributed by atoms with Crippen molar-refractivity contribution in [3.8, 4) is 0 Å². The SMILES string of the molecule is O=C1C[C@@H](C(=O)NCC(=O)N2CCc3ccccc32)c2ccccc2N1. The van der Waals surface area contributed by atoms with Crippen molar-refractivity contribution in [2.75, 3.05) is 23.3 Å². The average Bonchev–Trinajstić information content (AvgIpc) is 3.09. The van der Waals surface area contributed by atoms with Crippen molar-refractivity contribution in [3.05, 3.63) is 59.7 Å². The first-order chi connectivity index (χ1) is 12.6. The molecule has 2 aromatic carbocycles. The number of carbonyl (C=O) groups is 3. The highest BCUT2D eigenvalue weighted by atomic mass is 16.2. The Balaban J connectivity index is 1.43. The van der Waals surface area contributed by atoms with Crippen molar-refractivity contribution in [2.24, 2.45) is 0 Å². The summed E-state index contributed by atoms with van der Waals surface area (Å²) in [4.78, 5) is 38.7. The molecule has 132 valence electrons. The maximum Gasteiger partial charge on any atom is 0.246 e. The van der Waals surface area contributed by atoms with E-state index in [-0.39, 0.29) is 30.7 Å². The molecule has 2 aromatic rings. The largest absolute Gasteiger partial charge is 0.346 e. The monoisotopic (exact) mass is 349 g/mol. The lowest BCUT2D eigenvalue weighted by Gasteiger charge is -2.25. The standard InChI is InChI=1S/C20H19N3O3/c24-18-11-15(14-6-2-3-7-16(14)22-18)20(26)21-12-19(25)23-10-9-13-5-1-4-8-17(13)23/h1-8,15H,9-12H2,(H,21,26)(H,22,24)/t15-/m1/s1. The zero-order valence-electron chi connectivity index (χ0n) is 14.2. The van der Waals surface area contributed by atoms with Crippen LogP contribution in [0.25, 0.3) is 0 Å². The molecule has 2 heterocycles. The van der Waals surface area contributed by atoms with Crippen LogP contribution in [0.5, 0.6) is 0 Å². The Morgan fingerprint density at radius 3 is 2.77 bits per heavy atom. The second-order valence-corrected chi connectivity index (χ2v) is 6.53. The minimum atomic E-state index is -0.571. The number of carbonyl (C=O) groups excluding carboxylic acids is 3. The Kier molecular flexibility index (Phi) is 4.16. The number of anilines is 2. The molecule has 6 nitrogen and oxygen atoms in total. The van der Waals surface area contributed by atoms with E-state index < -0.39 is 5.92 Å². The minimum absolute atomic E-state index is 0.0759. The second kappa shape index (κ2) is 6.63. The summed E-state index contributed by atoms with van der Waals surface area (Å²) < 4.78 is 0. The van der Waals surface area contributed by atoms with E-state index in [1.807, 2.05) is 42.5 Å². The molecular formula is C20H19N3O3. The molecule has 0 saturated carbocycles. The fourth-order valence-electron chi connectivity index (χ4n) is 3.62. The maximum absolute atomic E-state index is 12.6. The van der Waals surface area contributed by atoms with Crippen molar-refractivity contribution in [3.63, 3.8) is 0 Å². The van der Waals surface area contributed by atoms with Crippen LogP contribution in [0, 0.1) is 0 Å². The molecule has 1 atom stereocenters. The van der Waals surface area contributed by atoms with Crippen LogP contribution in [-0.2, 0) is 20.8 Å². The highest BCUT2D eigenvalue weighted by Crippen LogP contribution is 2.32. The molecule has 26 heavy (non-hydrogen) atoms. The van der Waals surface area contributed by atoms with E-state index in [2.05, 4.69) is 10.6 Å². The van der Waals surface area contributed by atoms with Crippen LogP contribution in [0.15, 0.2) is 48.5 Å². The van der Waals surface area contributed by atoms with E-state index in [9.17, 15) is 14.4 Å². The first kappa shape index (κ1) is 16.3. The van der Waals surface area contributed by atoms with Crippen LogP contribution in [0.4, 0.5) is 11.4 Å². The van der Waals surface area contributed by atoms with Crippen LogP contribution >= 0.6 is 0 Å². The highest BCUT2D eigenvalue weighted by Gasteiger charge is 2.31. The number of para-hydroxylation sites is 2. The quantitative estimate of drug-likeness (QED) is 0.887. The van der Waals surface area contributed by atoms with Gasteiger partial charge in [-0.2, -0.15) is 0 Å². The number of amides is 3. The minimum Gasteiger partial charge on any atom is -0.346 e. The zero-order valence-corrected chi connectivity index (χ0v) is 14.2. The van der Waals surface area contributed by atoms with Crippen LogP contribution < -0.4 is 15.5 Å². The zero-order chi connectivity index (χ0) is 18.1. The molecular weight excluding hydrogens is 330 g/mol. The lowest BCUT2D eigenvalue weighted by molar-refractivity contribution is -0.128. The fraction of sp³-hybridized carbons (Fsp3) is 0.250. The van der Waals surface area contributed by atoms with E-state index in [0.717, 1.165) is 23.2 Å². The van der Waals surface area contributed by atoms with Gasteiger partial charge in [0.25, 0.3) is 0 Å². The third kappa shape index (κ3) is 2.94. The smallest absolute Gasteiger partial charge is 0.246 e. The summed E-state index contributed by atoms with van der Waals surface area (Å²) in [6, 6.07) is 15.1. The van der Waals surface area contributed by atoms with Gasteiger partial charge in [0.1, 0.15) is 0 Å². The predicted octanol–water partition coefficient (Wildman–Crippen LogP) is 1.82. The number of hydrogen-bond donors (Lipinski definition) is 2. The summed E-state index contributed by atoms with van der Waals surface area (Å²) in [5.74, 6) is -1.20. The molecule has 0 fully saturated rings. The Bertz CT molecular complexity index is 893. The van der Waals surface area contributed by atoms with Crippen molar-refractivity contribution in [2.45, 2.75) is 18.8 Å². The molecule has 0 bridgehead atoms. The molecule has 4 rings (SSSR count). The topological polar surface area (TPSA) is 78.5 Å². The van der Waals surface area contributed by atoms with E-state index >= 15 is 0 Å². The number of fused-ring (bicyclic) bond motifs is 2. The summed E-state index contributed by atoms with van der Waals surface area (Å²) in [5, 5.41) is 5.48. The normalized spacial score (nSPS) is 17.9. The van der Waals surface area contributed by atoms with Gasteiger partial charge in [-0.25, -0.2) is 0 Å². The molecule has 2 aliphatic rings. The molecule has 2 aliphatic heterocycles. The van der Waals surface area contributed by atoms with E-state index in [1.54, 1.807) is 11.0 Å². The fourth-order valence-corrected chi connectivity index (χ4v) is 3.62. The summed E-state index contributed by atoms with van der Waals surface area (Å²) in [5.41, 5.74) is 3.49. The lowest BCUT2D eigenvalue weighted by Crippen LogP contribution is -2.42. The van der Waals surface area contributed by atoms with Crippen LogP contribution in [0.1, 0.15) is 23.5 Å². The van der Waals surface area contributed by atoms with Crippen molar-refractivity contribution < 1.29 is 14.4 Å². The predicted molar refractivity (Wildman–Crippen MR) is 97.9 cm³/mol. The molecule has 3 amide bonds. The number of nitrogens with one attached hydrogen (secondary N) is 2. The van der Waals surface area contributed by atoms with E-state index in [1.165, 1.54) is 0 Å². The third-order valence-corrected chi connectivity index (χ3v) is 4.92. The van der Waals surface area contributed by atoms with Crippen LogP contribution in [0.2, 0.25) is 0 Å². The van der Waals surface area contributed by atoms with E-state index in [4.69, 9.17) is 0 Å². The first-order valence-electron chi connectivity index (χ1n) is 8.68. The van der Waals surface area contributed by atoms with Gasteiger partial charge in [-0.05, 0) is 29.7 Å². The Hall–Kier alpha value is -3.15. The van der Waals surface area contributed by atoms with Gasteiger partial charge in [0.05, 0.1) is 12.5 Å². The number of rotatable bonds is 3. The van der Waals surface area contributed by atoms with Crippen molar-refractivity contribution in [1.82, 2.24) is 5.32 Å². The molecule has 0 aromatic heterocycles. The van der Waals surface area contributed by atoms with Crippen LogP contribution in [-0.4, -0.2) is 30.8 Å². The Morgan fingerprint density at radius 2 is 1.88 bits per heavy atom. The van der Waals surface area contributed by atoms with Gasteiger partial charge < -0.3 is 15.5 Å². The molecule has 2 N–H and O–H groups in total. The maximum atomic E-state index is 12.6. The summed E-state index contributed by atoms with van der Waals surface area (Å²) >= 11 is 0. The molecule has 0 unspecified atom stereocenters. The Morgan fingerprint density at radius 1 is 1.12 bits per heavy atom. The van der Waals surface area contributed by atoms with Gasteiger partial charge in [-0.15, -0.1) is 0 Å². The molecule has 0 radical (unpaired) electrons. The molecule has 0 spiro atoms. The Labute approximate surface area is 151 Å². The van der Waals surface area contributed by atoms with Gasteiger partial charge in [0, 0.05) is 24.3 Å².